The number of methoxy groups -OCH3 is 1. The van der Waals surface area contributed by atoms with E-state index in [1.807, 2.05) is 37.4 Å². The highest BCUT2D eigenvalue weighted by Gasteiger charge is 2.22. The van der Waals surface area contributed by atoms with Gasteiger partial charge in [0.1, 0.15) is 11.6 Å². The number of morpholine rings is 1. The maximum atomic E-state index is 5.64. The van der Waals surface area contributed by atoms with Gasteiger partial charge in [0.15, 0.2) is 0 Å². The molecule has 1 N–H and O–H groups in total. The number of fused-ring (bicyclic) bond motifs is 1. The number of hydrogen-bond donors (Lipinski definition) is 1. The first kappa shape index (κ1) is 22.5. The van der Waals surface area contributed by atoms with E-state index in [1.54, 1.807) is 7.11 Å². The van der Waals surface area contributed by atoms with Gasteiger partial charge in [0.25, 0.3) is 0 Å². The van der Waals surface area contributed by atoms with Gasteiger partial charge in [-0.15, -0.1) is 0 Å². The van der Waals surface area contributed by atoms with Crippen molar-refractivity contribution in [3.63, 3.8) is 0 Å². The van der Waals surface area contributed by atoms with Crippen LogP contribution in [0.5, 0.6) is 5.75 Å². The minimum absolute atomic E-state index is 0.678. The van der Waals surface area contributed by atoms with E-state index in [4.69, 9.17) is 24.2 Å². The van der Waals surface area contributed by atoms with Crippen LogP contribution in [-0.2, 0) is 9.47 Å². The van der Waals surface area contributed by atoms with Gasteiger partial charge in [0.05, 0.1) is 63.3 Å². The van der Waals surface area contributed by atoms with Crippen LogP contribution in [-0.4, -0.2) is 88.5 Å². The van der Waals surface area contributed by atoms with Crippen molar-refractivity contribution in [1.29, 1.82) is 0 Å². The predicted octanol–water partition coefficient (Wildman–Crippen LogP) is 2.76. The summed E-state index contributed by atoms with van der Waals surface area (Å²) in [5.41, 5.74) is 4.10. The van der Waals surface area contributed by atoms with Crippen molar-refractivity contribution in [3.8, 4) is 17.0 Å². The summed E-state index contributed by atoms with van der Waals surface area (Å²) in [6, 6.07) is 10.1. The van der Waals surface area contributed by atoms with Crippen LogP contribution in [0.2, 0.25) is 0 Å². The quantitative estimate of drug-likeness (QED) is 0.603. The number of aliphatic imine (C=N–C) groups is 1. The van der Waals surface area contributed by atoms with Crippen LogP contribution in [0.15, 0.2) is 41.5 Å². The smallest absolute Gasteiger partial charge is 0.121 e. The molecule has 0 bridgehead atoms. The van der Waals surface area contributed by atoms with Crippen LogP contribution in [0.1, 0.15) is 6.92 Å². The lowest BCUT2D eigenvalue weighted by atomic mass is 10.1. The van der Waals surface area contributed by atoms with E-state index in [2.05, 4.69) is 21.2 Å². The number of hydrogen-bond acceptors (Lipinski definition) is 7. The summed E-state index contributed by atoms with van der Waals surface area (Å²) in [6.07, 6.45) is 1.90. The molecule has 32 heavy (non-hydrogen) atoms. The zero-order valence-corrected chi connectivity index (χ0v) is 19.0. The molecule has 2 aliphatic heterocycles. The molecule has 0 atom stereocenters. The number of anilines is 2. The van der Waals surface area contributed by atoms with Gasteiger partial charge in [0.2, 0.25) is 0 Å². The van der Waals surface area contributed by atoms with Crippen LogP contribution in [0.3, 0.4) is 0 Å². The summed E-state index contributed by atoms with van der Waals surface area (Å²) in [5.74, 6) is 1.81. The van der Waals surface area contributed by atoms with Crippen molar-refractivity contribution < 1.29 is 14.2 Å². The third kappa shape index (κ3) is 5.76. The first-order chi connectivity index (χ1) is 15.8. The van der Waals surface area contributed by atoms with E-state index in [-0.39, 0.29) is 0 Å². The molecular weight excluding hydrogens is 406 g/mol. The molecule has 2 aliphatic rings. The Morgan fingerprint density at radius 2 is 1.97 bits per heavy atom. The largest absolute Gasteiger partial charge is 0.497 e. The maximum absolute atomic E-state index is 5.64. The summed E-state index contributed by atoms with van der Waals surface area (Å²) < 4.78 is 16.3. The van der Waals surface area contributed by atoms with Crippen molar-refractivity contribution in [3.05, 3.63) is 36.5 Å². The predicted molar refractivity (Wildman–Crippen MR) is 128 cm³/mol. The van der Waals surface area contributed by atoms with Gasteiger partial charge in [0, 0.05) is 38.3 Å². The molecule has 0 saturated carbocycles. The molecule has 1 fully saturated rings. The number of ether oxygens (including phenoxy) is 3. The second-order valence-electron chi connectivity index (χ2n) is 7.84. The van der Waals surface area contributed by atoms with Crippen LogP contribution in [0.25, 0.3) is 11.3 Å². The Hall–Kier alpha value is -2.68. The van der Waals surface area contributed by atoms with Crippen LogP contribution in [0.4, 0.5) is 11.4 Å². The second kappa shape index (κ2) is 11.3. The molecular formula is C24H33N5O3. The third-order valence-electron chi connectivity index (χ3n) is 5.76. The molecule has 3 heterocycles. The van der Waals surface area contributed by atoms with E-state index in [1.165, 1.54) is 0 Å². The molecule has 0 aliphatic carbocycles. The average molecular weight is 440 g/mol. The van der Waals surface area contributed by atoms with Crippen LogP contribution >= 0.6 is 0 Å². The lowest BCUT2D eigenvalue weighted by Gasteiger charge is -2.33. The van der Waals surface area contributed by atoms with E-state index < -0.39 is 0 Å². The van der Waals surface area contributed by atoms with Crippen LogP contribution < -0.4 is 15.0 Å². The molecule has 8 heteroatoms. The van der Waals surface area contributed by atoms with Crippen molar-refractivity contribution in [1.82, 2.24) is 9.88 Å². The lowest BCUT2D eigenvalue weighted by Crippen LogP contribution is -2.41. The monoisotopic (exact) mass is 439 g/mol. The van der Waals surface area contributed by atoms with E-state index in [0.29, 0.717) is 13.2 Å². The van der Waals surface area contributed by atoms with Crippen molar-refractivity contribution >= 4 is 17.2 Å². The molecule has 8 nitrogen and oxygen atoms in total. The van der Waals surface area contributed by atoms with Gasteiger partial charge in [-0.05, 0) is 37.3 Å². The lowest BCUT2D eigenvalue weighted by molar-refractivity contribution is 0.0394. The fourth-order valence-corrected chi connectivity index (χ4v) is 3.94. The van der Waals surface area contributed by atoms with Gasteiger partial charge >= 0.3 is 0 Å². The molecule has 2 aromatic rings. The summed E-state index contributed by atoms with van der Waals surface area (Å²) >= 11 is 0. The van der Waals surface area contributed by atoms with E-state index >= 15 is 0 Å². The zero-order chi connectivity index (χ0) is 22.2. The first-order valence-corrected chi connectivity index (χ1v) is 11.3. The van der Waals surface area contributed by atoms with Gasteiger partial charge in [-0.2, -0.15) is 0 Å². The fraction of sp³-hybridized carbons (Fsp3) is 0.500. The molecule has 1 saturated heterocycles. The average Bonchev–Trinajstić information content (AvgIpc) is 2.85. The topological polar surface area (TPSA) is 71.5 Å². The fourth-order valence-electron chi connectivity index (χ4n) is 3.94. The highest BCUT2D eigenvalue weighted by molar-refractivity contribution is 6.04. The van der Waals surface area contributed by atoms with Gasteiger partial charge in [-0.25, -0.2) is 0 Å². The van der Waals surface area contributed by atoms with Crippen LogP contribution in [0, 0.1) is 0 Å². The summed E-state index contributed by atoms with van der Waals surface area (Å²) in [6.45, 7) is 10.3. The summed E-state index contributed by atoms with van der Waals surface area (Å²) in [5, 5.41) is 3.49. The molecule has 0 spiro atoms. The molecule has 0 amide bonds. The normalized spacial score (nSPS) is 17.8. The molecule has 172 valence electrons. The number of nitrogens with zero attached hydrogens (tertiary/aromatic N) is 4. The second-order valence-corrected chi connectivity index (χ2v) is 7.84. The minimum Gasteiger partial charge on any atom is -0.497 e. The number of aromatic nitrogens is 1. The number of amidine groups is 1. The standard InChI is InChI=1S/C24H33N5O3/c1-3-31-15-12-29-18-24(25-8-9-28-10-13-32-14-11-28)27-22-17-26-21(16-23(22)29)19-4-6-20(30-2)7-5-19/h4-7,16-17H,3,8-15,18H2,1-2H3,(H,25,27). The number of benzene rings is 1. The zero-order valence-electron chi connectivity index (χ0n) is 19.0. The van der Waals surface area contributed by atoms with Crippen molar-refractivity contribution in [2.24, 2.45) is 4.99 Å². The summed E-state index contributed by atoms with van der Waals surface area (Å²) in [4.78, 5) is 14.3. The minimum atomic E-state index is 0.678. The molecule has 4 rings (SSSR count). The number of nitrogens with one attached hydrogen (secondary N) is 1. The molecule has 1 aromatic carbocycles. The van der Waals surface area contributed by atoms with Gasteiger partial charge < -0.3 is 24.4 Å². The highest BCUT2D eigenvalue weighted by atomic mass is 16.5. The Morgan fingerprint density at radius 1 is 1.16 bits per heavy atom. The van der Waals surface area contributed by atoms with Gasteiger partial charge in [-0.3, -0.25) is 14.9 Å². The Kier molecular flexibility index (Phi) is 7.92. The SMILES string of the molecule is CCOCCN1CC(=NCCN2CCOCC2)Nc2cnc(-c3ccc(OC)cc3)cc21. The Balaban J connectivity index is 1.50. The Morgan fingerprint density at radius 3 is 2.72 bits per heavy atom. The molecule has 1 aromatic heterocycles. The first-order valence-electron chi connectivity index (χ1n) is 11.3. The summed E-state index contributed by atoms with van der Waals surface area (Å²) in [7, 11) is 1.67. The Labute approximate surface area is 190 Å². The van der Waals surface area contributed by atoms with Gasteiger partial charge in [-0.1, -0.05) is 0 Å². The number of pyridine rings is 1. The van der Waals surface area contributed by atoms with E-state index in [9.17, 15) is 0 Å². The van der Waals surface area contributed by atoms with E-state index in [0.717, 1.165) is 86.7 Å². The van der Waals surface area contributed by atoms with Crippen molar-refractivity contribution in [2.45, 2.75) is 6.92 Å². The third-order valence-corrected chi connectivity index (χ3v) is 5.76. The maximum Gasteiger partial charge on any atom is 0.121 e. The number of rotatable bonds is 9. The molecule has 0 unspecified atom stereocenters. The highest BCUT2D eigenvalue weighted by Crippen LogP contribution is 2.33. The molecule has 0 radical (unpaired) electrons. The Bertz CT molecular complexity index is 897. The van der Waals surface area contributed by atoms with Crippen molar-refractivity contribution in [2.75, 3.05) is 83.0 Å².